The molecule has 4 nitrogen and oxygen atoms in total. The topological polar surface area (TPSA) is 47.1 Å². The van der Waals surface area contributed by atoms with Gasteiger partial charge in [-0.1, -0.05) is 18.2 Å². The fraction of sp³-hybridized carbons (Fsp3) is 0.562. The fourth-order valence-corrected chi connectivity index (χ4v) is 4.15. The molecule has 0 aliphatic carbocycles. The van der Waals surface area contributed by atoms with Crippen LogP contribution in [0, 0.1) is 0 Å². The molecule has 20 heavy (non-hydrogen) atoms. The van der Waals surface area contributed by atoms with Crippen LogP contribution < -0.4 is 5.73 Å². The molecule has 2 N–H and O–H groups in total. The molecule has 2 aliphatic rings. The van der Waals surface area contributed by atoms with Crippen LogP contribution in [0.25, 0.3) is 10.9 Å². The third kappa shape index (κ3) is 1.86. The van der Waals surface area contributed by atoms with Gasteiger partial charge in [0.25, 0.3) is 0 Å². The molecule has 3 heterocycles. The summed E-state index contributed by atoms with van der Waals surface area (Å²) in [5.41, 5.74) is 8.60. The Morgan fingerprint density at radius 1 is 1.20 bits per heavy atom. The normalized spacial score (nSPS) is 30.2. The number of aryl methyl sites for hydroxylation is 1. The lowest BCUT2D eigenvalue weighted by atomic mass is 9.98. The maximum atomic E-state index is 6.16. The molecule has 2 aliphatic heterocycles. The highest BCUT2D eigenvalue weighted by molar-refractivity contribution is 5.81. The summed E-state index contributed by atoms with van der Waals surface area (Å²) >= 11 is 0. The first-order valence-electron chi connectivity index (χ1n) is 7.64. The van der Waals surface area contributed by atoms with Crippen molar-refractivity contribution in [3.8, 4) is 0 Å². The van der Waals surface area contributed by atoms with E-state index in [0.717, 1.165) is 19.4 Å². The zero-order valence-electron chi connectivity index (χ0n) is 12.0. The van der Waals surface area contributed by atoms with Gasteiger partial charge in [0.15, 0.2) is 0 Å². The molecule has 0 amide bonds. The molecule has 4 rings (SSSR count). The van der Waals surface area contributed by atoms with Crippen LogP contribution in [0.2, 0.25) is 0 Å². The predicted molar refractivity (Wildman–Crippen MR) is 80.3 cm³/mol. The van der Waals surface area contributed by atoms with E-state index in [1.165, 1.54) is 29.4 Å². The van der Waals surface area contributed by atoms with E-state index in [2.05, 4.69) is 29.2 Å². The van der Waals surface area contributed by atoms with E-state index in [9.17, 15) is 0 Å². The van der Waals surface area contributed by atoms with Crippen LogP contribution in [0.5, 0.6) is 0 Å². The van der Waals surface area contributed by atoms with Gasteiger partial charge in [-0.25, -0.2) is 0 Å². The number of piperidine rings is 1. The molecule has 0 saturated carbocycles. The number of nitrogens with two attached hydrogens (primary N) is 1. The van der Waals surface area contributed by atoms with Crippen LogP contribution in [0.4, 0.5) is 0 Å². The average Bonchev–Trinajstić information content (AvgIpc) is 2.87. The third-order valence-corrected chi connectivity index (χ3v) is 5.09. The van der Waals surface area contributed by atoms with Crippen molar-refractivity contribution in [1.82, 2.24) is 14.7 Å². The molecule has 0 spiro atoms. The zero-order valence-corrected chi connectivity index (χ0v) is 12.0. The molecule has 4 heteroatoms. The van der Waals surface area contributed by atoms with Gasteiger partial charge in [0.2, 0.25) is 0 Å². The molecular formula is C16H22N4. The summed E-state index contributed by atoms with van der Waals surface area (Å²) in [6.07, 6.45) is 4.93. The number of hydrogen-bond donors (Lipinski definition) is 1. The second kappa shape index (κ2) is 4.57. The van der Waals surface area contributed by atoms with Gasteiger partial charge < -0.3 is 5.73 Å². The van der Waals surface area contributed by atoms with Gasteiger partial charge in [-0.05, 0) is 31.7 Å². The molecule has 106 valence electrons. The first-order chi connectivity index (χ1) is 9.72. The second-order valence-corrected chi connectivity index (χ2v) is 6.38. The first kappa shape index (κ1) is 12.4. The SMILES string of the molecule is Cn1nc(CN2C3CCC2CC(N)C3)c2ccccc21. The standard InChI is InChI=1S/C16H22N4/c1-19-16-5-3-2-4-14(16)15(18-19)10-20-12-6-7-13(20)9-11(17)8-12/h2-5,11-13H,6-10,17H2,1H3. The third-order valence-electron chi connectivity index (χ3n) is 5.09. The van der Waals surface area contributed by atoms with Crippen molar-refractivity contribution in [2.75, 3.05) is 0 Å². The van der Waals surface area contributed by atoms with Gasteiger partial charge in [-0.3, -0.25) is 9.58 Å². The number of aromatic nitrogens is 2. The van der Waals surface area contributed by atoms with Gasteiger partial charge in [0, 0.05) is 37.1 Å². The Hall–Kier alpha value is -1.39. The van der Waals surface area contributed by atoms with E-state index in [4.69, 9.17) is 10.8 Å². The quantitative estimate of drug-likeness (QED) is 0.908. The largest absolute Gasteiger partial charge is 0.328 e. The van der Waals surface area contributed by atoms with E-state index < -0.39 is 0 Å². The molecule has 1 aromatic carbocycles. The molecule has 2 aromatic rings. The zero-order chi connectivity index (χ0) is 13.7. The van der Waals surface area contributed by atoms with Crippen LogP contribution in [-0.2, 0) is 13.6 Å². The summed E-state index contributed by atoms with van der Waals surface area (Å²) in [5, 5.41) is 6.04. The first-order valence-corrected chi connectivity index (χ1v) is 7.64. The van der Waals surface area contributed by atoms with Crippen molar-refractivity contribution in [2.24, 2.45) is 12.8 Å². The summed E-state index contributed by atoms with van der Waals surface area (Å²) in [5.74, 6) is 0. The smallest absolute Gasteiger partial charge is 0.0843 e. The molecule has 2 atom stereocenters. The Labute approximate surface area is 119 Å². The van der Waals surface area contributed by atoms with E-state index >= 15 is 0 Å². The van der Waals surface area contributed by atoms with Gasteiger partial charge in [0.05, 0.1) is 11.2 Å². The summed E-state index contributed by atoms with van der Waals surface area (Å²) < 4.78 is 2.00. The van der Waals surface area contributed by atoms with Gasteiger partial charge in [-0.2, -0.15) is 5.10 Å². The maximum Gasteiger partial charge on any atom is 0.0843 e. The van der Waals surface area contributed by atoms with Crippen molar-refractivity contribution in [2.45, 2.75) is 50.4 Å². The number of fused-ring (bicyclic) bond motifs is 3. The van der Waals surface area contributed by atoms with Crippen molar-refractivity contribution in [1.29, 1.82) is 0 Å². The Kier molecular flexibility index (Phi) is 2.82. The highest BCUT2D eigenvalue weighted by Crippen LogP contribution is 2.36. The van der Waals surface area contributed by atoms with E-state index in [1.807, 2.05) is 11.7 Å². The minimum absolute atomic E-state index is 0.407. The van der Waals surface area contributed by atoms with Gasteiger partial charge in [-0.15, -0.1) is 0 Å². The van der Waals surface area contributed by atoms with Crippen molar-refractivity contribution < 1.29 is 0 Å². The lowest BCUT2D eigenvalue weighted by molar-refractivity contribution is 0.118. The highest BCUT2D eigenvalue weighted by atomic mass is 15.3. The number of benzene rings is 1. The Bertz CT molecular complexity index is 618. The molecule has 2 bridgehead atoms. The summed E-state index contributed by atoms with van der Waals surface area (Å²) in [6.45, 7) is 0.976. The molecular weight excluding hydrogens is 248 g/mol. The number of hydrogen-bond acceptors (Lipinski definition) is 3. The molecule has 1 aromatic heterocycles. The Balaban J connectivity index is 1.65. The highest BCUT2D eigenvalue weighted by Gasteiger charge is 2.39. The van der Waals surface area contributed by atoms with Crippen LogP contribution in [0.1, 0.15) is 31.4 Å². The average molecular weight is 270 g/mol. The van der Waals surface area contributed by atoms with E-state index in [1.54, 1.807) is 0 Å². The summed E-state index contributed by atoms with van der Waals surface area (Å²) in [6, 6.07) is 10.3. The lowest BCUT2D eigenvalue weighted by Gasteiger charge is -2.37. The van der Waals surface area contributed by atoms with Crippen LogP contribution in [-0.4, -0.2) is 32.8 Å². The monoisotopic (exact) mass is 270 g/mol. The van der Waals surface area contributed by atoms with E-state index in [0.29, 0.717) is 18.1 Å². The minimum Gasteiger partial charge on any atom is -0.328 e. The van der Waals surface area contributed by atoms with Crippen LogP contribution >= 0.6 is 0 Å². The molecule has 2 fully saturated rings. The summed E-state index contributed by atoms with van der Waals surface area (Å²) in [7, 11) is 2.03. The Morgan fingerprint density at radius 2 is 1.90 bits per heavy atom. The van der Waals surface area contributed by atoms with Crippen LogP contribution in [0.15, 0.2) is 24.3 Å². The number of para-hydroxylation sites is 1. The fourth-order valence-electron chi connectivity index (χ4n) is 4.15. The van der Waals surface area contributed by atoms with Gasteiger partial charge in [0.1, 0.15) is 0 Å². The minimum atomic E-state index is 0.407. The number of rotatable bonds is 2. The van der Waals surface area contributed by atoms with Crippen molar-refractivity contribution in [3.05, 3.63) is 30.0 Å². The lowest BCUT2D eigenvalue weighted by Crippen LogP contribution is -2.46. The van der Waals surface area contributed by atoms with Crippen LogP contribution in [0.3, 0.4) is 0 Å². The van der Waals surface area contributed by atoms with Crippen molar-refractivity contribution in [3.63, 3.8) is 0 Å². The number of nitrogens with zero attached hydrogens (tertiary/aromatic N) is 3. The molecule has 2 unspecified atom stereocenters. The predicted octanol–water partition coefficient (Wildman–Crippen LogP) is 2.03. The van der Waals surface area contributed by atoms with Gasteiger partial charge >= 0.3 is 0 Å². The maximum absolute atomic E-state index is 6.16. The summed E-state index contributed by atoms with van der Waals surface area (Å²) in [4.78, 5) is 2.65. The van der Waals surface area contributed by atoms with E-state index in [-0.39, 0.29) is 0 Å². The Morgan fingerprint density at radius 3 is 2.65 bits per heavy atom. The van der Waals surface area contributed by atoms with Crippen molar-refractivity contribution >= 4 is 10.9 Å². The second-order valence-electron chi connectivity index (χ2n) is 6.38. The molecule has 0 radical (unpaired) electrons. The molecule has 2 saturated heterocycles.